The van der Waals surface area contributed by atoms with E-state index in [0.717, 1.165) is 11.3 Å². The maximum Gasteiger partial charge on any atom is 0.248 e. The van der Waals surface area contributed by atoms with Crippen molar-refractivity contribution in [3.63, 3.8) is 0 Å². The number of para-hydroxylation sites is 1. The van der Waals surface area contributed by atoms with Crippen LogP contribution in [0.1, 0.15) is 12.0 Å². The molecule has 0 saturated carbocycles. The van der Waals surface area contributed by atoms with Crippen molar-refractivity contribution in [2.75, 3.05) is 19.0 Å². The van der Waals surface area contributed by atoms with Gasteiger partial charge in [0.2, 0.25) is 5.91 Å². The van der Waals surface area contributed by atoms with E-state index in [-0.39, 0.29) is 5.91 Å². The molecule has 0 saturated heterocycles. The highest BCUT2D eigenvalue weighted by atomic mass is 16.5. The second-order valence-electron chi connectivity index (χ2n) is 4.90. The first-order valence-corrected chi connectivity index (χ1v) is 7.51. The summed E-state index contributed by atoms with van der Waals surface area (Å²) in [6.07, 6.45) is 8.92. The summed E-state index contributed by atoms with van der Waals surface area (Å²) in [6.45, 7) is 0.432. The van der Waals surface area contributed by atoms with E-state index in [9.17, 15) is 4.79 Å². The van der Waals surface area contributed by atoms with Crippen LogP contribution < -0.4 is 14.8 Å². The number of ether oxygens (including phenoxy) is 2. The first kappa shape index (κ1) is 17.2. The Morgan fingerprint density at radius 3 is 2.71 bits per heavy atom. The fourth-order valence-electron chi connectivity index (χ4n) is 2.00. The minimum absolute atomic E-state index is 0.200. The minimum atomic E-state index is -0.200. The van der Waals surface area contributed by atoms with Crippen molar-refractivity contribution in [1.82, 2.24) is 0 Å². The van der Waals surface area contributed by atoms with Crippen molar-refractivity contribution in [2.45, 2.75) is 6.42 Å². The maximum absolute atomic E-state index is 11.9. The lowest BCUT2D eigenvalue weighted by atomic mass is 10.2. The highest BCUT2D eigenvalue weighted by Crippen LogP contribution is 2.28. The molecule has 0 fully saturated rings. The van der Waals surface area contributed by atoms with Crippen molar-refractivity contribution in [2.24, 2.45) is 0 Å². The maximum atomic E-state index is 11.9. The van der Waals surface area contributed by atoms with Crippen LogP contribution in [0.5, 0.6) is 11.5 Å². The molecule has 0 aliphatic rings. The highest BCUT2D eigenvalue weighted by Gasteiger charge is 2.05. The molecule has 4 nitrogen and oxygen atoms in total. The molecule has 122 valence electrons. The minimum Gasteiger partial charge on any atom is -0.493 e. The van der Waals surface area contributed by atoms with E-state index < -0.39 is 0 Å². The Bertz CT molecular complexity index is 745. The van der Waals surface area contributed by atoms with Gasteiger partial charge in [0.05, 0.1) is 13.7 Å². The van der Waals surface area contributed by atoms with Crippen LogP contribution in [-0.4, -0.2) is 19.6 Å². The molecule has 2 aromatic rings. The van der Waals surface area contributed by atoms with Crippen LogP contribution in [0.15, 0.2) is 54.6 Å². The molecule has 24 heavy (non-hydrogen) atoms. The van der Waals surface area contributed by atoms with E-state index in [1.165, 1.54) is 6.08 Å². The molecule has 0 heterocycles. The average molecular weight is 321 g/mol. The fourth-order valence-corrected chi connectivity index (χ4v) is 2.00. The molecule has 1 N–H and O–H groups in total. The van der Waals surface area contributed by atoms with Crippen LogP contribution in [0.3, 0.4) is 0 Å². The summed E-state index contributed by atoms with van der Waals surface area (Å²) in [5, 5.41) is 2.79. The van der Waals surface area contributed by atoms with Gasteiger partial charge in [-0.25, -0.2) is 0 Å². The number of anilines is 1. The van der Waals surface area contributed by atoms with Crippen LogP contribution in [0.25, 0.3) is 6.08 Å². The predicted molar refractivity (Wildman–Crippen MR) is 96.0 cm³/mol. The van der Waals surface area contributed by atoms with E-state index >= 15 is 0 Å². The molecule has 4 heteroatoms. The zero-order chi connectivity index (χ0) is 17.2. The fraction of sp³-hybridized carbons (Fsp3) is 0.150. The van der Waals surface area contributed by atoms with Gasteiger partial charge in [0.25, 0.3) is 0 Å². The van der Waals surface area contributed by atoms with E-state index in [1.54, 1.807) is 25.3 Å². The number of carbonyl (C=O) groups excluding carboxylic acids is 1. The summed E-state index contributed by atoms with van der Waals surface area (Å²) in [5.74, 6) is 3.54. The number of terminal acetylenes is 1. The molecule has 1 amide bonds. The predicted octanol–water partition coefficient (Wildman–Crippen LogP) is 3.75. The Labute approximate surface area is 142 Å². The van der Waals surface area contributed by atoms with Crippen molar-refractivity contribution in [1.29, 1.82) is 0 Å². The van der Waals surface area contributed by atoms with Gasteiger partial charge in [0.1, 0.15) is 0 Å². The largest absolute Gasteiger partial charge is 0.493 e. The Kier molecular flexibility index (Phi) is 6.48. The zero-order valence-corrected chi connectivity index (χ0v) is 13.5. The summed E-state index contributed by atoms with van der Waals surface area (Å²) < 4.78 is 10.9. The molecule has 0 unspecified atom stereocenters. The average Bonchev–Trinajstić information content (AvgIpc) is 2.61. The van der Waals surface area contributed by atoms with E-state index in [0.29, 0.717) is 24.5 Å². The van der Waals surface area contributed by atoms with E-state index in [4.69, 9.17) is 15.9 Å². The summed E-state index contributed by atoms with van der Waals surface area (Å²) >= 11 is 0. The van der Waals surface area contributed by atoms with Gasteiger partial charge in [-0.2, -0.15) is 0 Å². The Morgan fingerprint density at radius 1 is 1.21 bits per heavy atom. The van der Waals surface area contributed by atoms with Crippen LogP contribution >= 0.6 is 0 Å². The molecular formula is C20H19NO3. The Hall–Kier alpha value is -3.19. The molecule has 0 aliphatic carbocycles. The SMILES string of the molecule is C#CCCOc1ccc(/C=C/C(=O)Nc2ccccc2)cc1OC. The molecule has 0 bridgehead atoms. The van der Waals surface area contributed by atoms with Gasteiger partial charge in [-0.15, -0.1) is 12.3 Å². The third-order valence-corrected chi connectivity index (χ3v) is 3.16. The monoisotopic (exact) mass is 321 g/mol. The van der Waals surface area contributed by atoms with Gasteiger partial charge in [0, 0.05) is 18.2 Å². The van der Waals surface area contributed by atoms with E-state index in [1.807, 2.05) is 36.4 Å². The number of benzene rings is 2. The Balaban J connectivity index is 2.01. The third kappa shape index (κ3) is 5.22. The lowest BCUT2D eigenvalue weighted by Crippen LogP contribution is -2.07. The van der Waals surface area contributed by atoms with Gasteiger partial charge in [-0.3, -0.25) is 4.79 Å². The highest BCUT2D eigenvalue weighted by molar-refractivity contribution is 6.01. The van der Waals surface area contributed by atoms with E-state index in [2.05, 4.69) is 11.2 Å². The van der Waals surface area contributed by atoms with Gasteiger partial charge < -0.3 is 14.8 Å². The summed E-state index contributed by atoms with van der Waals surface area (Å²) in [6, 6.07) is 14.7. The number of nitrogens with one attached hydrogen (secondary N) is 1. The lowest BCUT2D eigenvalue weighted by Gasteiger charge is -2.10. The number of carbonyl (C=O) groups is 1. The van der Waals surface area contributed by atoms with Crippen molar-refractivity contribution < 1.29 is 14.3 Å². The van der Waals surface area contributed by atoms with Crippen LogP contribution in [0.2, 0.25) is 0 Å². The number of hydrogen-bond donors (Lipinski definition) is 1. The topological polar surface area (TPSA) is 47.6 Å². The normalized spacial score (nSPS) is 10.2. The van der Waals surface area contributed by atoms with Crippen LogP contribution in [0, 0.1) is 12.3 Å². The lowest BCUT2D eigenvalue weighted by molar-refractivity contribution is -0.111. The van der Waals surface area contributed by atoms with Crippen LogP contribution in [-0.2, 0) is 4.79 Å². The number of methoxy groups -OCH3 is 1. The molecule has 2 rings (SSSR count). The van der Waals surface area contributed by atoms with Gasteiger partial charge in [-0.1, -0.05) is 24.3 Å². The quantitative estimate of drug-likeness (QED) is 0.480. The summed E-state index contributed by atoms with van der Waals surface area (Å²) in [4.78, 5) is 11.9. The standard InChI is InChI=1S/C20H19NO3/c1-3-4-14-24-18-12-10-16(15-19(18)23-2)11-13-20(22)21-17-8-6-5-7-9-17/h1,5-13,15H,4,14H2,2H3,(H,21,22)/b13-11+. The molecular weight excluding hydrogens is 302 g/mol. The zero-order valence-electron chi connectivity index (χ0n) is 13.5. The summed E-state index contributed by atoms with van der Waals surface area (Å²) in [7, 11) is 1.57. The number of rotatable bonds is 7. The second-order valence-corrected chi connectivity index (χ2v) is 4.90. The number of hydrogen-bond acceptors (Lipinski definition) is 3. The molecule has 0 aromatic heterocycles. The number of amides is 1. The molecule has 0 spiro atoms. The molecule has 0 radical (unpaired) electrons. The smallest absolute Gasteiger partial charge is 0.248 e. The van der Waals surface area contributed by atoms with Crippen molar-refractivity contribution in [3.05, 3.63) is 60.2 Å². The first-order chi connectivity index (χ1) is 11.7. The van der Waals surface area contributed by atoms with Gasteiger partial charge in [0.15, 0.2) is 11.5 Å². The third-order valence-electron chi connectivity index (χ3n) is 3.16. The van der Waals surface area contributed by atoms with Gasteiger partial charge in [-0.05, 0) is 35.9 Å². The summed E-state index contributed by atoms with van der Waals surface area (Å²) in [5.41, 5.74) is 1.58. The van der Waals surface area contributed by atoms with Crippen molar-refractivity contribution >= 4 is 17.7 Å². The first-order valence-electron chi connectivity index (χ1n) is 7.51. The second kappa shape index (κ2) is 9.06. The van der Waals surface area contributed by atoms with Gasteiger partial charge >= 0.3 is 0 Å². The van der Waals surface area contributed by atoms with Crippen LogP contribution in [0.4, 0.5) is 5.69 Å². The van der Waals surface area contributed by atoms with Crippen molar-refractivity contribution in [3.8, 4) is 23.8 Å². The molecule has 2 aromatic carbocycles. The molecule has 0 atom stereocenters. The Morgan fingerprint density at radius 2 is 2.00 bits per heavy atom. The molecule has 0 aliphatic heterocycles.